The molecule has 0 saturated heterocycles. The maximum atomic E-state index is 13.2. The van der Waals surface area contributed by atoms with Gasteiger partial charge in [-0.3, -0.25) is 4.79 Å². The van der Waals surface area contributed by atoms with Crippen LogP contribution in [0.3, 0.4) is 0 Å². The number of rotatable bonds is 3. The van der Waals surface area contributed by atoms with E-state index in [1.54, 1.807) is 0 Å². The lowest BCUT2D eigenvalue weighted by Gasteiger charge is -2.09. The third-order valence-corrected chi connectivity index (χ3v) is 1.79. The average molecular weight is 215 g/mol. The van der Waals surface area contributed by atoms with Crippen molar-refractivity contribution in [2.75, 3.05) is 19.0 Å². The molecule has 3 nitrogen and oxygen atoms in total. The standard InChI is InChI=1S/C10H11F2NO2/c1-6-3-7(11)4-8(12)10(6)13-9(14)5-15-2/h3-4H,5H2,1-2H3,(H,13,14). The van der Waals surface area contributed by atoms with Gasteiger partial charge in [-0.15, -0.1) is 0 Å². The number of carbonyl (C=O) groups is 1. The molecule has 0 spiro atoms. The molecule has 0 aromatic heterocycles. The summed E-state index contributed by atoms with van der Waals surface area (Å²) >= 11 is 0. The molecule has 1 amide bonds. The minimum absolute atomic E-state index is 0.0153. The quantitative estimate of drug-likeness (QED) is 0.835. The van der Waals surface area contributed by atoms with Crippen molar-refractivity contribution in [1.82, 2.24) is 0 Å². The molecule has 0 bridgehead atoms. The summed E-state index contributed by atoms with van der Waals surface area (Å²) in [4.78, 5) is 11.1. The fraction of sp³-hybridized carbons (Fsp3) is 0.300. The number of hydrogen-bond acceptors (Lipinski definition) is 2. The normalized spacial score (nSPS) is 10.1. The van der Waals surface area contributed by atoms with Crippen LogP contribution < -0.4 is 5.32 Å². The SMILES string of the molecule is COCC(=O)Nc1c(C)cc(F)cc1F. The third kappa shape index (κ3) is 2.99. The lowest BCUT2D eigenvalue weighted by Crippen LogP contribution is -2.18. The lowest BCUT2D eigenvalue weighted by atomic mass is 10.2. The molecule has 1 rings (SSSR count). The monoisotopic (exact) mass is 215 g/mol. The Morgan fingerprint density at radius 3 is 2.67 bits per heavy atom. The van der Waals surface area contributed by atoms with Crippen LogP contribution in [0.15, 0.2) is 12.1 Å². The second kappa shape index (κ2) is 4.84. The number of halogens is 2. The van der Waals surface area contributed by atoms with Gasteiger partial charge in [-0.05, 0) is 18.6 Å². The van der Waals surface area contributed by atoms with E-state index < -0.39 is 17.5 Å². The Morgan fingerprint density at radius 1 is 1.47 bits per heavy atom. The van der Waals surface area contributed by atoms with E-state index in [1.807, 2.05) is 0 Å². The van der Waals surface area contributed by atoms with Crippen LogP contribution in [-0.2, 0) is 9.53 Å². The average Bonchev–Trinajstić information content (AvgIpc) is 2.11. The van der Waals surface area contributed by atoms with E-state index >= 15 is 0 Å². The highest BCUT2D eigenvalue weighted by molar-refractivity contribution is 5.92. The molecule has 0 radical (unpaired) electrons. The summed E-state index contributed by atoms with van der Waals surface area (Å²) in [5.74, 6) is -1.95. The fourth-order valence-electron chi connectivity index (χ4n) is 1.17. The van der Waals surface area contributed by atoms with Gasteiger partial charge in [0.2, 0.25) is 5.91 Å². The number of benzene rings is 1. The molecule has 0 heterocycles. The molecule has 0 aliphatic heterocycles. The smallest absolute Gasteiger partial charge is 0.250 e. The highest BCUT2D eigenvalue weighted by Crippen LogP contribution is 2.20. The van der Waals surface area contributed by atoms with Gasteiger partial charge in [0.15, 0.2) is 0 Å². The van der Waals surface area contributed by atoms with Crippen LogP contribution in [0.5, 0.6) is 0 Å². The Morgan fingerprint density at radius 2 is 2.13 bits per heavy atom. The maximum absolute atomic E-state index is 13.2. The Kier molecular flexibility index (Phi) is 3.74. The van der Waals surface area contributed by atoms with E-state index in [2.05, 4.69) is 10.1 Å². The van der Waals surface area contributed by atoms with Gasteiger partial charge in [0.25, 0.3) is 0 Å². The second-order valence-corrected chi connectivity index (χ2v) is 3.06. The number of ether oxygens (including phenoxy) is 1. The fourth-order valence-corrected chi connectivity index (χ4v) is 1.17. The first-order chi connectivity index (χ1) is 7.04. The van der Waals surface area contributed by atoms with Crippen LogP contribution in [0, 0.1) is 18.6 Å². The first-order valence-corrected chi connectivity index (χ1v) is 4.29. The molecule has 15 heavy (non-hydrogen) atoms. The molecule has 1 aromatic carbocycles. The zero-order valence-electron chi connectivity index (χ0n) is 8.43. The molecule has 0 saturated carbocycles. The molecule has 0 aliphatic rings. The van der Waals surface area contributed by atoms with E-state index in [4.69, 9.17) is 0 Å². The molecular formula is C10H11F2NO2. The summed E-state index contributed by atoms with van der Waals surface area (Å²) in [5.41, 5.74) is 0.315. The van der Waals surface area contributed by atoms with Gasteiger partial charge in [0.05, 0.1) is 5.69 Å². The Balaban J connectivity index is 2.90. The van der Waals surface area contributed by atoms with Crippen molar-refractivity contribution >= 4 is 11.6 Å². The molecule has 0 unspecified atom stereocenters. The molecule has 0 atom stereocenters. The third-order valence-electron chi connectivity index (χ3n) is 1.79. The predicted octanol–water partition coefficient (Wildman–Crippen LogP) is 1.86. The predicted molar refractivity (Wildman–Crippen MR) is 51.6 cm³/mol. The first-order valence-electron chi connectivity index (χ1n) is 4.29. The maximum Gasteiger partial charge on any atom is 0.250 e. The highest BCUT2D eigenvalue weighted by Gasteiger charge is 2.11. The number of anilines is 1. The zero-order valence-corrected chi connectivity index (χ0v) is 8.43. The lowest BCUT2D eigenvalue weighted by molar-refractivity contribution is -0.119. The number of hydrogen-bond donors (Lipinski definition) is 1. The first kappa shape index (κ1) is 11.6. The summed E-state index contributed by atoms with van der Waals surface area (Å²) in [6.07, 6.45) is 0. The molecule has 0 aliphatic carbocycles. The molecule has 5 heteroatoms. The van der Waals surface area contributed by atoms with E-state index in [1.165, 1.54) is 14.0 Å². The Hall–Kier alpha value is -1.49. The molecule has 1 N–H and O–H groups in total. The van der Waals surface area contributed by atoms with Crippen molar-refractivity contribution in [3.63, 3.8) is 0 Å². The van der Waals surface area contributed by atoms with Gasteiger partial charge in [0, 0.05) is 13.2 Å². The molecule has 82 valence electrons. The minimum atomic E-state index is -0.794. The minimum Gasteiger partial charge on any atom is -0.375 e. The Bertz CT molecular complexity index is 357. The van der Waals surface area contributed by atoms with Gasteiger partial charge in [0.1, 0.15) is 18.2 Å². The summed E-state index contributed by atoms with van der Waals surface area (Å²) in [6, 6.07) is 1.86. The van der Waals surface area contributed by atoms with Crippen LogP contribution >= 0.6 is 0 Å². The van der Waals surface area contributed by atoms with Gasteiger partial charge in [-0.1, -0.05) is 0 Å². The van der Waals surface area contributed by atoms with Crippen LogP contribution in [0.4, 0.5) is 14.5 Å². The van der Waals surface area contributed by atoms with Crippen LogP contribution in [0.25, 0.3) is 0 Å². The van der Waals surface area contributed by atoms with Crippen LogP contribution in [0.2, 0.25) is 0 Å². The van der Waals surface area contributed by atoms with E-state index in [-0.39, 0.29) is 12.3 Å². The second-order valence-electron chi connectivity index (χ2n) is 3.06. The van der Waals surface area contributed by atoms with E-state index in [0.29, 0.717) is 5.56 Å². The molecular weight excluding hydrogens is 204 g/mol. The van der Waals surface area contributed by atoms with Crippen molar-refractivity contribution in [1.29, 1.82) is 0 Å². The summed E-state index contributed by atoms with van der Waals surface area (Å²) < 4.78 is 30.5. The summed E-state index contributed by atoms with van der Waals surface area (Å²) in [7, 11) is 1.35. The number of amides is 1. The van der Waals surface area contributed by atoms with Crippen molar-refractivity contribution in [2.45, 2.75) is 6.92 Å². The molecule has 0 fully saturated rings. The van der Waals surface area contributed by atoms with Crippen molar-refractivity contribution < 1.29 is 18.3 Å². The van der Waals surface area contributed by atoms with Gasteiger partial charge < -0.3 is 10.1 Å². The number of aryl methyl sites for hydroxylation is 1. The van der Waals surface area contributed by atoms with Gasteiger partial charge in [-0.25, -0.2) is 8.78 Å². The van der Waals surface area contributed by atoms with Crippen LogP contribution in [0.1, 0.15) is 5.56 Å². The van der Waals surface area contributed by atoms with E-state index in [9.17, 15) is 13.6 Å². The Labute approximate surface area is 86.0 Å². The topological polar surface area (TPSA) is 38.3 Å². The highest BCUT2D eigenvalue weighted by atomic mass is 19.1. The number of nitrogens with one attached hydrogen (secondary N) is 1. The summed E-state index contributed by atoms with van der Waals surface area (Å²) in [6.45, 7) is 1.34. The molecule has 1 aromatic rings. The van der Waals surface area contributed by atoms with Crippen LogP contribution in [-0.4, -0.2) is 19.6 Å². The number of methoxy groups -OCH3 is 1. The largest absolute Gasteiger partial charge is 0.375 e. The summed E-state index contributed by atoms with van der Waals surface area (Å²) in [5, 5.41) is 2.30. The van der Waals surface area contributed by atoms with Gasteiger partial charge in [-0.2, -0.15) is 0 Å². The zero-order chi connectivity index (χ0) is 11.4. The van der Waals surface area contributed by atoms with Crippen molar-refractivity contribution in [3.8, 4) is 0 Å². The van der Waals surface area contributed by atoms with E-state index in [0.717, 1.165) is 12.1 Å². The van der Waals surface area contributed by atoms with Gasteiger partial charge >= 0.3 is 0 Å². The number of carbonyl (C=O) groups excluding carboxylic acids is 1. The van der Waals surface area contributed by atoms with Crippen molar-refractivity contribution in [3.05, 3.63) is 29.3 Å². The van der Waals surface area contributed by atoms with Crippen molar-refractivity contribution in [2.24, 2.45) is 0 Å².